The van der Waals surface area contributed by atoms with Crippen LogP contribution in [-0.2, 0) is 4.79 Å². The van der Waals surface area contributed by atoms with Crippen LogP contribution >= 0.6 is 0 Å². The summed E-state index contributed by atoms with van der Waals surface area (Å²) in [7, 11) is 1.59. The van der Waals surface area contributed by atoms with Crippen molar-refractivity contribution < 1.29 is 14.3 Å². The van der Waals surface area contributed by atoms with E-state index in [4.69, 9.17) is 9.47 Å². The molecule has 0 aliphatic heterocycles. The summed E-state index contributed by atoms with van der Waals surface area (Å²) in [5, 5.41) is 0. The minimum absolute atomic E-state index is 0.0227. The number of benzene rings is 1. The lowest BCUT2D eigenvalue weighted by atomic mass is 10.3. The Morgan fingerprint density at radius 1 is 1.44 bits per heavy atom. The molecule has 0 unspecified atom stereocenters. The van der Waals surface area contributed by atoms with Gasteiger partial charge in [-0.1, -0.05) is 12.1 Å². The summed E-state index contributed by atoms with van der Waals surface area (Å²) in [5.74, 6) is 1.27. The van der Waals surface area contributed by atoms with Crippen molar-refractivity contribution in [3.05, 3.63) is 36.9 Å². The number of methoxy groups -OCH3 is 1. The van der Waals surface area contributed by atoms with Crippen molar-refractivity contribution in [3.63, 3.8) is 0 Å². The highest BCUT2D eigenvalue weighted by atomic mass is 16.5. The molecular formula is C14H19NO3. The van der Waals surface area contributed by atoms with Gasteiger partial charge in [-0.25, -0.2) is 0 Å². The van der Waals surface area contributed by atoms with Gasteiger partial charge in [-0.05, 0) is 19.1 Å². The first-order chi connectivity index (χ1) is 8.71. The molecule has 1 aromatic rings. The zero-order chi connectivity index (χ0) is 13.4. The van der Waals surface area contributed by atoms with Gasteiger partial charge in [0.1, 0.15) is 11.5 Å². The fourth-order valence-electron chi connectivity index (χ4n) is 1.49. The number of nitrogens with zero attached hydrogens (tertiary/aromatic N) is 1. The second-order valence-corrected chi connectivity index (χ2v) is 3.69. The van der Waals surface area contributed by atoms with E-state index in [0.717, 1.165) is 0 Å². The number of hydrogen-bond acceptors (Lipinski definition) is 3. The Kier molecular flexibility index (Phi) is 5.77. The quantitative estimate of drug-likeness (QED) is 0.695. The van der Waals surface area contributed by atoms with Crippen LogP contribution in [0, 0.1) is 0 Å². The summed E-state index contributed by atoms with van der Waals surface area (Å²) in [5.41, 5.74) is 0. The topological polar surface area (TPSA) is 38.8 Å². The number of carbonyl (C=O) groups excluding carboxylic acids is 1. The molecule has 0 aromatic heterocycles. The Balaban J connectivity index is 2.53. The van der Waals surface area contributed by atoms with Gasteiger partial charge in [0.2, 0.25) is 0 Å². The van der Waals surface area contributed by atoms with E-state index in [9.17, 15) is 4.79 Å². The Morgan fingerprint density at radius 3 is 2.78 bits per heavy atom. The van der Waals surface area contributed by atoms with Crippen LogP contribution in [0.4, 0.5) is 0 Å². The van der Waals surface area contributed by atoms with Gasteiger partial charge in [0, 0.05) is 19.2 Å². The zero-order valence-electron chi connectivity index (χ0n) is 10.9. The maximum absolute atomic E-state index is 11.8. The van der Waals surface area contributed by atoms with Gasteiger partial charge in [0.05, 0.1) is 7.11 Å². The Bertz CT molecular complexity index is 404. The molecule has 98 valence electrons. The van der Waals surface area contributed by atoms with E-state index in [1.165, 1.54) is 0 Å². The fourth-order valence-corrected chi connectivity index (χ4v) is 1.49. The first-order valence-electron chi connectivity index (χ1n) is 5.86. The summed E-state index contributed by atoms with van der Waals surface area (Å²) in [6, 6.07) is 7.18. The van der Waals surface area contributed by atoms with Gasteiger partial charge in [0.15, 0.2) is 6.61 Å². The standard InChI is InChI=1S/C14H19NO3/c1-4-9-15(5-2)14(16)11-18-13-8-6-7-12(10-13)17-3/h4,6-8,10H,1,5,9,11H2,2-3H3. The van der Waals surface area contributed by atoms with Gasteiger partial charge in [0.25, 0.3) is 5.91 Å². The van der Waals surface area contributed by atoms with Crippen molar-refractivity contribution in [2.24, 2.45) is 0 Å². The number of carbonyl (C=O) groups is 1. The molecule has 4 heteroatoms. The highest BCUT2D eigenvalue weighted by Crippen LogP contribution is 2.18. The van der Waals surface area contributed by atoms with Gasteiger partial charge in [-0.2, -0.15) is 0 Å². The third-order valence-electron chi connectivity index (χ3n) is 2.49. The van der Waals surface area contributed by atoms with Crippen LogP contribution in [0.2, 0.25) is 0 Å². The van der Waals surface area contributed by atoms with Crippen molar-refractivity contribution in [2.75, 3.05) is 26.8 Å². The van der Waals surface area contributed by atoms with E-state index in [1.807, 2.05) is 19.1 Å². The molecule has 1 amide bonds. The number of amides is 1. The van der Waals surface area contributed by atoms with Crippen molar-refractivity contribution >= 4 is 5.91 Å². The molecule has 18 heavy (non-hydrogen) atoms. The highest BCUT2D eigenvalue weighted by Gasteiger charge is 2.10. The van der Waals surface area contributed by atoms with Gasteiger partial charge >= 0.3 is 0 Å². The second-order valence-electron chi connectivity index (χ2n) is 3.69. The third-order valence-corrected chi connectivity index (χ3v) is 2.49. The molecule has 0 bridgehead atoms. The van der Waals surface area contributed by atoms with Crippen LogP contribution in [0.3, 0.4) is 0 Å². The Hall–Kier alpha value is -1.97. The maximum Gasteiger partial charge on any atom is 0.260 e. The number of rotatable bonds is 7. The minimum Gasteiger partial charge on any atom is -0.497 e. The van der Waals surface area contributed by atoms with Crippen LogP contribution in [0.5, 0.6) is 11.5 Å². The Morgan fingerprint density at radius 2 is 2.17 bits per heavy atom. The first kappa shape index (κ1) is 14.1. The average molecular weight is 249 g/mol. The fraction of sp³-hybridized carbons (Fsp3) is 0.357. The molecule has 0 heterocycles. The molecule has 0 N–H and O–H groups in total. The van der Waals surface area contributed by atoms with Gasteiger partial charge in [-0.3, -0.25) is 4.79 Å². The number of likely N-dealkylation sites (N-methyl/N-ethyl adjacent to an activating group) is 1. The van der Waals surface area contributed by atoms with Crippen molar-refractivity contribution in [3.8, 4) is 11.5 Å². The molecule has 4 nitrogen and oxygen atoms in total. The van der Waals surface area contributed by atoms with Crippen LogP contribution in [0.25, 0.3) is 0 Å². The molecule has 0 saturated heterocycles. The zero-order valence-corrected chi connectivity index (χ0v) is 10.9. The Labute approximate surface area is 108 Å². The maximum atomic E-state index is 11.8. The predicted molar refractivity (Wildman–Crippen MR) is 70.9 cm³/mol. The van der Waals surface area contributed by atoms with E-state index in [-0.39, 0.29) is 12.5 Å². The summed E-state index contributed by atoms with van der Waals surface area (Å²) in [4.78, 5) is 13.5. The number of ether oxygens (including phenoxy) is 2. The smallest absolute Gasteiger partial charge is 0.260 e. The minimum atomic E-state index is -0.0554. The lowest BCUT2D eigenvalue weighted by molar-refractivity contribution is -0.132. The molecule has 1 aromatic carbocycles. The average Bonchev–Trinajstić information content (AvgIpc) is 2.42. The molecule has 1 rings (SSSR count). The van der Waals surface area contributed by atoms with E-state index in [0.29, 0.717) is 24.6 Å². The number of hydrogen-bond donors (Lipinski definition) is 0. The molecule has 0 aliphatic carbocycles. The van der Waals surface area contributed by atoms with Crippen molar-refractivity contribution in [2.45, 2.75) is 6.92 Å². The molecule has 0 spiro atoms. The summed E-state index contributed by atoms with van der Waals surface area (Å²) in [6.45, 7) is 6.75. The lowest BCUT2D eigenvalue weighted by Crippen LogP contribution is -2.34. The van der Waals surface area contributed by atoms with E-state index in [2.05, 4.69) is 6.58 Å². The first-order valence-corrected chi connectivity index (χ1v) is 5.86. The van der Waals surface area contributed by atoms with E-state index < -0.39 is 0 Å². The molecule has 0 radical (unpaired) electrons. The van der Waals surface area contributed by atoms with Crippen LogP contribution in [0.1, 0.15) is 6.92 Å². The van der Waals surface area contributed by atoms with Gasteiger partial charge in [-0.15, -0.1) is 6.58 Å². The summed E-state index contributed by atoms with van der Waals surface area (Å²) >= 11 is 0. The van der Waals surface area contributed by atoms with Crippen molar-refractivity contribution in [1.29, 1.82) is 0 Å². The molecule has 0 aliphatic rings. The summed E-state index contributed by atoms with van der Waals surface area (Å²) in [6.07, 6.45) is 1.70. The van der Waals surface area contributed by atoms with Gasteiger partial charge < -0.3 is 14.4 Å². The second kappa shape index (κ2) is 7.37. The SMILES string of the molecule is C=CCN(CC)C(=O)COc1cccc(OC)c1. The lowest BCUT2D eigenvalue weighted by Gasteiger charge is -2.19. The third kappa shape index (κ3) is 4.13. The van der Waals surface area contributed by atoms with Crippen LogP contribution < -0.4 is 9.47 Å². The molecule has 0 atom stereocenters. The normalized spacial score (nSPS) is 9.67. The highest BCUT2D eigenvalue weighted by molar-refractivity contribution is 5.77. The van der Waals surface area contributed by atoms with E-state index in [1.54, 1.807) is 30.2 Å². The van der Waals surface area contributed by atoms with Crippen LogP contribution in [0.15, 0.2) is 36.9 Å². The van der Waals surface area contributed by atoms with Crippen molar-refractivity contribution in [1.82, 2.24) is 4.90 Å². The summed E-state index contributed by atoms with van der Waals surface area (Å²) < 4.78 is 10.5. The largest absolute Gasteiger partial charge is 0.497 e. The van der Waals surface area contributed by atoms with Crippen LogP contribution in [-0.4, -0.2) is 37.6 Å². The molecule has 0 fully saturated rings. The van der Waals surface area contributed by atoms with E-state index >= 15 is 0 Å². The monoisotopic (exact) mass is 249 g/mol. The molecule has 0 saturated carbocycles. The predicted octanol–water partition coefficient (Wildman–Crippen LogP) is 2.11. The molecular weight excluding hydrogens is 230 g/mol.